The van der Waals surface area contributed by atoms with Gasteiger partial charge in [-0.15, -0.1) is 4.91 Å². The van der Waals surface area contributed by atoms with Gasteiger partial charge in [-0.1, -0.05) is 0 Å². The Bertz CT molecular complexity index is 834. The predicted molar refractivity (Wildman–Crippen MR) is 128 cm³/mol. The monoisotopic (exact) mass is 568 g/mol. The van der Waals surface area contributed by atoms with Gasteiger partial charge in [0, 0.05) is 19.1 Å². The summed E-state index contributed by atoms with van der Waals surface area (Å²) in [6.45, 7) is -0.574. The molecule has 0 bridgehead atoms. The second-order valence-electron chi connectivity index (χ2n) is 10.6. The molecule has 0 aromatic rings. The van der Waals surface area contributed by atoms with Crippen LogP contribution in [0.3, 0.4) is 0 Å². The Kier molecular flexibility index (Phi) is 9.74. The number of nitroso groups, excluding NO2 is 1. The number of nitrogens with zero attached hydrogens (tertiary/aromatic N) is 2. The van der Waals surface area contributed by atoms with Gasteiger partial charge in [0.2, 0.25) is 0 Å². The molecule has 1 aliphatic carbocycles. The molecule has 3 saturated heterocycles. The van der Waals surface area contributed by atoms with E-state index in [-0.39, 0.29) is 12.8 Å². The lowest BCUT2D eigenvalue weighted by molar-refractivity contribution is -0.380. The fourth-order valence-electron chi connectivity index (χ4n) is 5.58. The Morgan fingerprint density at radius 1 is 0.795 bits per heavy atom. The van der Waals surface area contributed by atoms with Crippen molar-refractivity contribution in [3.8, 4) is 0 Å². The lowest BCUT2D eigenvalue weighted by atomic mass is 9.84. The highest BCUT2D eigenvalue weighted by Crippen LogP contribution is 2.37. The molecule has 18 heteroatoms. The molecular formula is C21H40N6O12. The Morgan fingerprint density at radius 3 is 2.13 bits per heavy atom. The van der Waals surface area contributed by atoms with Crippen molar-refractivity contribution >= 4 is 0 Å². The van der Waals surface area contributed by atoms with Crippen LogP contribution in [0.5, 0.6) is 0 Å². The lowest BCUT2D eigenvalue weighted by Gasteiger charge is -2.52. The van der Waals surface area contributed by atoms with Crippen LogP contribution >= 0.6 is 0 Å². The van der Waals surface area contributed by atoms with Crippen molar-refractivity contribution < 1.29 is 54.3 Å². The van der Waals surface area contributed by atoms with E-state index < -0.39 is 111 Å². The van der Waals surface area contributed by atoms with Gasteiger partial charge < -0.3 is 77.3 Å². The third-order valence-electron chi connectivity index (χ3n) is 7.94. The van der Waals surface area contributed by atoms with Gasteiger partial charge in [-0.3, -0.25) is 5.01 Å². The SMILES string of the molecule is CN(N=O)[C@@H]1[C@@H](OC2O[C@H](CO)[C@@H](N)[C@H](O)[C@H]2O)O[C@H]2C[C@@H](N)C(O[C@H]3[C@H](O)[C@@H](O)[C@H](N)C[C@@H]3N)O[C@@H]2[C@@H]1O. The zero-order valence-electron chi connectivity index (χ0n) is 21.3. The number of fused-ring (bicyclic) bond motifs is 1. The maximum absolute atomic E-state index is 11.4. The summed E-state index contributed by atoms with van der Waals surface area (Å²) in [6, 6.07) is -4.72. The van der Waals surface area contributed by atoms with E-state index in [1.165, 1.54) is 7.05 Å². The molecule has 0 aromatic heterocycles. The van der Waals surface area contributed by atoms with Crippen LogP contribution in [0.4, 0.5) is 0 Å². The molecule has 0 radical (unpaired) electrons. The summed E-state index contributed by atoms with van der Waals surface area (Å²) in [4.78, 5) is 11.4. The zero-order chi connectivity index (χ0) is 28.8. The first kappa shape index (κ1) is 30.8. The van der Waals surface area contributed by atoms with Crippen LogP contribution in [0.1, 0.15) is 12.8 Å². The number of likely N-dealkylation sites (N-methyl/N-ethyl adjacent to an activating group) is 1. The minimum Gasteiger partial charge on any atom is -0.394 e. The smallest absolute Gasteiger partial charge is 0.189 e. The van der Waals surface area contributed by atoms with Crippen molar-refractivity contribution in [3.63, 3.8) is 0 Å². The lowest BCUT2D eigenvalue weighted by Crippen LogP contribution is -2.70. The maximum Gasteiger partial charge on any atom is 0.189 e. The number of hydrogen-bond acceptors (Lipinski definition) is 17. The summed E-state index contributed by atoms with van der Waals surface area (Å²) >= 11 is 0. The standard InChI is InChI=1S/C21H40N6O12/c1-27(26-34)11-14(31)18-8(35-20(11)39-21-16(33)13(30)10(25)9(4-28)36-21)3-7(24)19(38-18)37-17-6(23)2-5(22)12(29)15(17)32/h5-21,28-33H,2-4,22-25H2,1H3/t5-,6+,7-,8+,9-,10-,11+,12+,13+,14-,15-,16-,17-,18+,19?,20-,21?/m1/s1. The van der Waals surface area contributed by atoms with Gasteiger partial charge in [0.1, 0.15) is 48.8 Å². The number of aliphatic hydroxyl groups is 6. The molecule has 4 rings (SSSR count). The molecule has 0 spiro atoms. The number of rotatable bonds is 7. The number of hydrogen-bond donors (Lipinski definition) is 10. The third kappa shape index (κ3) is 5.92. The van der Waals surface area contributed by atoms with Gasteiger partial charge >= 0.3 is 0 Å². The van der Waals surface area contributed by atoms with Gasteiger partial charge in [0.05, 0.1) is 36.2 Å². The zero-order valence-corrected chi connectivity index (χ0v) is 21.3. The van der Waals surface area contributed by atoms with Crippen LogP contribution in [-0.2, 0) is 23.7 Å². The Morgan fingerprint density at radius 2 is 1.49 bits per heavy atom. The average Bonchev–Trinajstić information content (AvgIpc) is 2.90. The Balaban J connectivity index is 1.49. The molecule has 2 unspecified atom stereocenters. The van der Waals surface area contributed by atoms with E-state index in [9.17, 15) is 35.5 Å². The molecule has 0 amide bonds. The summed E-state index contributed by atoms with van der Waals surface area (Å²) in [6.07, 6.45) is -15.4. The van der Waals surface area contributed by atoms with Crippen molar-refractivity contribution in [3.05, 3.63) is 4.91 Å². The summed E-state index contributed by atoms with van der Waals surface area (Å²) < 4.78 is 29.0. The quantitative estimate of drug-likeness (QED) is 0.101. The average molecular weight is 569 g/mol. The molecule has 1 saturated carbocycles. The van der Waals surface area contributed by atoms with E-state index in [1.807, 2.05) is 0 Å². The molecule has 39 heavy (non-hydrogen) atoms. The Hall–Kier alpha value is -1.20. The fourth-order valence-corrected chi connectivity index (χ4v) is 5.58. The highest BCUT2D eigenvalue weighted by Gasteiger charge is 2.55. The van der Waals surface area contributed by atoms with E-state index in [4.69, 9.17) is 46.6 Å². The first-order valence-corrected chi connectivity index (χ1v) is 12.8. The largest absolute Gasteiger partial charge is 0.394 e. The Labute approximate surface area is 223 Å². The van der Waals surface area contributed by atoms with Crippen LogP contribution in [0.2, 0.25) is 0 Å². The van der Waals surface area contributed by atoms with E-state index in [1.54, 1.807) is 0 Å². The van der Waals surface area contributed by atoms with Crippen molar-refractivity contribution in [1.82, 2.24) is 5.01 Å². The minimum absolute atomic E-state index is 0.0537. The number of ether oxygens (including phenoxy) is 5. The number of aliphatic hydroxyl groups excluding tert-OH is 6. The second kappa shape index (κ2) is 12.3. The summed E-state index contributed by atoms with van der Waals surface area (Å²) in [5, 5.41) is 65.8. The van der Waals surface area contributed by atoms with Crippen molar-refractivity contribution in [2.75, 3.05) is 13.7 Å². The highest BCUT2D eigenvalue weighted by atomic mass is 16.8. The molecular weight excluding hydrogens is 528 g/mol. The van der Waals surface area contributed by atoms with Gasteiger partial charge in [-0.05, 0) is 12.8 Å². The molecule has 3 aliphatic heterocycles. The second-order valence-corrected chi connectivity index (χ2v) is 10.6. The number of nitrogens with two attached hydrogens (primary N) is 4. The third-order valence-corrected chi connectivity index (χ3v) is 7.94. The van der Waals surface area contributed by atoms with Crippen LogP contribution in [0.15, 0.2) is 5.29 Å². The topological polar surface area (TPSA) is 304 Å². The maximum atomic E-state index is 11.4. The van der Waals surface area contributed by atoms with Crippen LogP contribution < -0.4 is 22.9 Å². The van der Waals surface area contributed by atoms with Gasteiger partial charge in [-0.2, -0.15) is 0 Å². The molecule has 226 valence electrons. The van der Waals surface area contributed by atoms with E-state index in [2.05, 4.69) is 5.29 Å². The molecule has 4 fully saturated rings. The fraction of sp³-hybridized carbons (Fsp3) is 1.00. The summed E-state index contributed by atoms with van der Waals surface area (Å²) in [5.41, 5.74) is 23.9. The van der Waals surface area contributed by atoms with Gasteiger partial charge in [-0.25, -0.2) is 0 Å². The van der Waals surface area contributed by atoms with Crippen LogP contribution in [-0.4, -0.2) is 153 Å². The van der Waals surface area contributed by atoms with Gasteiger partial charge in [0.15, 0.2) is 18.9 Å². The molecule has 0 aromatic carbocycles. The molecule has 14 N–H and O–H groups in total. The highest BCUT2D eigenvalue weighted by molar-refractivity contribution is 5.02. The summed E-state index contributed by atoms with van der Waals surface area (Å²) in [7, 11) is 1.25. The predicted octanol–water partition coefficient (Wildman–Crippen LogP) is -6.56. The van der Waals surface area contributed by atoms with E-state index in [0.29, 0.717) is 0 Å². The van der Waals surface area contributed by atoms with Crippen molar-refractivity contribution in [1.29, 1.82) is 0 Å². The van der Waals surface area contributed by atoms with E-state index in [0.717, 1.165) is 5.01 Å². The first-order valence-electron chi connectivity index (χ1n) is 12.8. The van der Waals surface area contributed by atoms with Crippen LogP contribution in [0, 0.1) is 4.91 Å². The molecule has 18 nitrogen and oxygen atoms in total. The summed E-state index contributed by atoms with van der Waals surface area (Å²) in [5.74, 6) is 0. The van der Waals surface area contributed by atoms with Crippen LogP contribution in [0.25, 0.3) is 0 Å². The molecule has 4 aliphatic rings. The van der Waals surface area contributed by atoms with Gasteiger partial charge in [0.25, 0.3) is 0 Å². The normalized spacial score (nSPS) is 52.6. The first-order chi connectivity index (χ1) is 18.4. The molecule has 3 heterocycles. The van der Waals surface area contributed by atoms with E-state index >= 15 is 0 Å². The molecule has 17 atom stereocenters. The minimum atomic E-state index is -1.64. The van der Waals surface area contributed by atoms with Crippen molar-refractivity contribution in [2.24, 2.45) is 28.2 Å². The van der Waals surface area contributed by atoms with Crippen molar-refractivity contribution in [2.45, 2.75) is 117 Å².